The Morgan fingerprint density at radius 1 is 1.10 bits per heavy atom. The average molecular weight is 274 g/mol. The molecule has 0 saturated carbocycles. The molecule has 1 aromatic heterocycles. The molecule has 4 heteroatoms. The molecule has 0 fully saturated rings. The maximum Gasteiger partial charge on any atom is 0.0596 e. The second-order valence-electron chi connectivity index (χ2n) is 5.54. The Balaban J connectivity index is 2.39. The summed E-state index contributed by atoms with van der Waals surface area (Å²) < 4.78 is 1.81. The molecule has 0 spiro atoms. The first kappa shape index (κ1) is 14.8. The Bertz CT molecular complexity index is 569. The van der Waals surface area contributed by atoms with Crippen LogP contribution in [0.1, 0.15) is 22.5 Å². The van der Waals surface area contributed by atoms with E-state index in [1.165, 1.54) is 0 Å². The Morgan fingerprint density at radius 2 is 1.70 bits per heavy atom. The van der Waals surface area contributed by atoms with Crippen molar-refractivity contribution in [1.82, 2.24) is 9.78 Å². The standard InChI is InChI=1S/C16H22N2O2/c1-12-4-6-14(7-5-12)16(10-19,11-20)9-15-8-13(2)17-18(15)3/h4-8,19-20H,9-11H2,1-3H3. The highest BCUT2D eigenvalue weighted by atomic mass is 16.3. The molecule has 0 amide bonds. The first-order valence-electron chi connectivity index (χ1n) is 6.79. The molecule has 0 saturated heterocycles. The molecule has 108 valence electrons. The molecule has 0 aliphatic rings. The largest absolute Gasteiger partial charge is 0.395 e. The lowest BCUT2D eigenvalue weighted by Crippen LogP contribution is -2.37. The Kier molecular flexibility index (Phi) is 4.26. The minimum atomic E-state index is -0.673. The van der Waals surface area contributed by atoms with Crippen LogP contribution in [0.15, 0.2) is 30.3 Å². The van der Waals surface area contributed by atoms with Crippen LogP contribution < -0.4 is 0 Å². The third kappa shape index (κ3) is 2.76. The number of aryl methyl sites for hydroxylation is 3. The average Bonchev–Trinajstić information content (AvgIpc) is 2.75. The summed E-state index contributed by atoms with van der Waals surface area (Å²) in [5.74, 6) is 0. The van der Waals surface area contributed by atoms with Gasteiger partial charge in [-0.3, -0.25) is 4.68 Å². The van der Waals surface area contributed by atoms with Crippen LogP contribution in [-0.4, -0.2) is 33.2 Å². The van der Waals surface area contributed by atoms with Crippen LogP contribution in [-0.2, 0) is 18.9 Å². The zero-order valence-electron chi connectivity index (χ0n) is 12.3. The van der Waals surface area contributed by atoms with E-state index < -0.39 is 5.41 Å². The van der Waals surface area contributed by atoms with Crippen LogP contribution in [0.4, 0.5) is 0 Å². The van der Waals surface area contributed by atoms with Gasteiger partial charge in [0.1, 0.15) is 0 Å². The molecule has 2 rings (SSSR count). The summed E-state index contributed by atoms with van der Waals surface area (Å²) in [5.41, 5.74) is 3.39. The zero-order chi connectivity index (χ0) is 14.8. The highest BCUT2D eigenvalue weighted by Crippen LogP contribution is 2.28. The van der Waals surface area contributed by atoms with E-state index in [-0.39, 0.29) is 13.2 Å². The molecule has 1 aromatic carbocycles. The van der Waals surface area contributed by atoms with Gasteiger partial charge in [-0.25, -0.2) is 0 Å². The quantitative estimate of drug-likeness (QED) is 0.868. The van der Waals surface area contributed by atoms with Gasteiger partial charge in [0.15, 0.2) is 0 Å². The van der Waals surface area contributed by atoms with Gasteiger partial charge in [-0.15, -0.1) is 0 Å². The van der Waals surface area contributed by atoms with E-state index in [4.69, 9.17) is 0 Å². The first-order valence-corrected chi connectivity index (χ1v) is 6.79. The lowest BCUT2D eigenvalue weighted by atomic mass is 9.77. The minimum absolute atomic E-state index is 0.100. The number of nitrogens with zero attached hydrogens (tertiary/aromatic N) is 2. The second-order valence-corrected chi connectivity index (χ2v) is 5.54. The number of benzene rings is 1. The Hall–Kier alpha value is -1.65. The summed E-state index contributed by atoms with van der Waals surface area (Å²) in [6.45, 7) is 3.76. The molecule has 2 aromatic rings. The van der Waals surface area contributed by atoms with Crippen LogP contribution in [0, 0.1) is 13.8 Å². The summed E-state index contributed by atoms with van der Waals surface area (Å²) in [4.78, 5) is 0. The fourth-order valence-corrected chi connectivity index (χ4v) is 2.53. The minimum Gasteiger partial charge on any atom is -0.395 e. The number of hydrogen-bond acceptors (Lipinski definition) is 3. The van der Waals surface area contributed by atoms with Crippen molar-refractivity contribution in [3.63, 3.8) is 0 Å². The van der Waals surface area contributed by atoms with Crippen molar-refractivity contribution in [2.45, 2.75) is 25.7 Å². The number of aliphatic hydroxyl groups excluding tert-OH is 2. The molecular formula is C16H22N2O2. The molecule has 2 N–H and O–H groups in total. The van der Waals surface area contributed by atoms with E-state index in [0.29, 0.717) is 6.42 Å². The van der Waals surface area contributed by atoms with Crippen molar-refractivity contribution in [1.29, 1.82) is 0 Å². The van der Waals surface area contributed by atoms with Crippen molar-refractivity contribution >= 4 is 0 Å². The molecule has 0 radical (unpaired) electrons. The smallest absolute Gasteiger partial charge is 0.0596 e. The fraction of sp³-hybridized carbons (Fsp3) is 0.438. The van der Waals surface area contributed by atoms with Crippen LogP contribution in [0.3, 0.4) is 0 Å². The van der Waals surface area contributed by atoms with Gasteiger partial charge in [-0.05, 0) is 25.5 Å². The van der Waals surface area contributed by atoms with Crippen molar-refractivity contribution in [3.8, 4) is 0 Å². The highest BCUT2D eigenvalue weighted by Gasteiger charge is 2.32. The first-order chi connectivity index (χ1) is 9.50. The van der Waals surface area contributed by atoms with E-state index in [2.05, 4.69) is 5.10 Å². The molecule has 0 unspecified atom stereocenters. The third-order valence-corrected chi connectivity index (χ3v) is 3.89. The third-order valence-electron chi connectivity index (χ3n) is 3.89. The normalized spacial score (nSPS) is 11.8. The van der Waals surface area contributed by atoms with Gasteiger partial charge in [0.25, 0.3) is 0 Å². The van der Waals surface area contributed by atoms with Crippen molar-refractivity contribution in [2.75, 3.05) is 13.2 Å². The number of hydrogen-bond donors (Lipinski definition) is 2. The molecule has 0 atom stereocenters. The summed E-state index contributed by atoms with van der Waals surface area (Å²) in [7, 11) is 1.89. The Morgan fingerprint density at radius 3 is 2.15 bits per heavy atom. The monoisotopic (exact) mass is 274 g/mol. The number of aromatic nitrogens is 2. The van der Waals surface area contributed by atoms with E-state index >= 15 is 0 Å². The highest BCUT2D eigenvalue weighted by molar-refractivity contribution is 5.31. The van der Waals surface area contributed by atoms with Gasteiger partial charge >= 0.3 is 0 Å². The van der Waals surface area contributed by atoms with Crippen molar-refractivity contribution in [2.24, 2.45) is 7.05 Å². The van der Waals surface area contributed by atoms with Gasteiger partial charge in [0.2, 0.25) is 0 Å². The van der Waals surface area contributed by atoms with Crippen LogP contribution in [0.25, 0.3) is 0 Å². The van der Waals surface area contributed by atoms with E-state index in [9.17, 15) is 10.2 Å². The van der Waals surface area contributed by atoms with Gasteiger partial charge in [-0.2, -0.15) is 5.10 Å². The molecule has 0 bridgehead atoms. The predicted octanol–water partition coefficient (Wildman–Crippen LogP) is 1.50. The van der Waals surface area contributed by atoms with Crippen LogP contribution >= 0.6 is 0 Å². The van der Waals surface area contributed by atoms with Gasteiger partial charge < -0.3 is 10.2 Å². The summed E-state index contributed by atoms with van der Waals surface area (Å²) >= 11 is 0. The van der Waals surface area contributed by atoms with Crippen molar-refractivity contribution in [3.05, 3.63) is 52.8 Å². The molecule has 20 heavy (non-hydrogen) atoms. The SMILES string of the molecule is Cc1ccc(C(CO)(CO)Cc2cc(C)nn2C)cc1. The lowest BCUT2D eigenvalue weighted by Gasteiger charge is -2.30. The van der Waals surface area contributed by atoms with Crippen LogP contribution in [0.5, 0.6) is 0 Å². The van der Waals surface area contributed by atoms with Gasteiger partial charge in [0, 0.05) is 24.6 Å². The molecule has 4 nitrogen and oxygen atoms in total. The second kappa shape index (κ2) is 5.77. The molecular weight excluding hydrogens is 252 g/mol. The summed E-state index contributed by atoms with van der Waals surface area (Å²) in [5, 5.41) is 24.1. The number of rotatable bonds is 5. The van der Waals surface area contributed by atoms with E-state index in [0.717, 1.165) is 22.5 Å². The van der Waals surface area contributed by atoms with E-state index in [1.54, 1.807) is 0 Å². The van der Waals surface area contributed by atoms with Gasteiger partial charge in [0.05, 0.1) is 18.9 Å². The molecule has 0 aliphatic carbocycles. The summed E-state index contributed by atoms with van der Waals surface area (Å²) in [6.07, 6.45) is 0.556. The molecule has 1 heterocycles. The van der Waals surface area contributed by atoms with Crippen molar-refractivity contribution < 1.29 is 10.2 Å². The molecule has 0 aliphatic heterocycles. The lowest BCUT2D eigenvalue weighted by molar-refractivity contribution is 0.114. The number of aliphatic hydroxyl groups is 2. The topological polar surface area (TPSA) is 58.3 Å². The van der Waals surface area contributed by atoms with E-state index in [1.807, 2.05) is 55.9 Å². The van der Waals surface area contributed by atoms with Gasteiger partial charge in [-0.1, -0.05) is 29.8 Å². The fourth-order valence-electron chi connectivity index (χ4n) is 2.53. The Labute approximate surface area is 119 Å². The maximum atomic E-state index is 9.87. The van der Waals surface area contributed by atoms with Crippen LogP contribution in [0.2, 0.25) is 0 Å². The predicted molar refractivity (Wildman–Crippen MR) is 78.7 cm³/mol. The zero-order valence-corrected chi connectivity index (χ0v) is 12.3. The summed E-state index contributed by atoms with van der Waals surface area (Å²) in [6, 6.07) is 9.96. The maximum absolute atomic E-state index is 9.87.